The van der Waals surface area contributed by atoms with Gasteiger partial charge in [0.2, 0.25) is 0 Å². The second-order valence-corrected chi connectivity index (χ2v) is 9.14. The summed E-state index contributed by atoms with van der Waals surface area (Å²) in [5.74, 6) is 1.04. The molecule has 0 saturated heterocycles. The maximum atomic E-state index is 13.0. The minimum absolute atomic E-state index is 0.0496. The van der Waals surface area contributed by atoms with Crippen LogP contribution in [0.25, 0.3) is 27.8 Å². The fourth-order valence-corrected chi connectivity index (χ4v) is 4.71. The Bertz CT molecular complexity index is 1460. The molecule has 0 aliphatic heterocycles. The molecule has 1 heterocycles. The van der Waals surface area contributed by atoms with Crippen molar-refractivity contribution in [1.82, 2.24) is 14.8 Å². The number of hydrogen-bond acceptors (Lipinski definition) is 4. The first kappa shape index (κ1) is 21.4. The summed E-state index contributed by atoms with van der Waals surface area (Å²) < 4.78 is 1.98. The lowest BCUT2D eigenvalue weighted by Gasteiger charge is -2.11. The minimum atomic E-state index is 0.0496. The number of nitrogens with zero attached hydrogens (tertiary/aromatic N) is 3. The lowest BCUT2D eigenvalue weighted by Crippen LogP contribution is -2.05. The van der Waals surface area contributed by atoms with Gasteiger partial charge in [-0.2, -0.15) is 0 Å². The number of fused-ring (bicyclic) bond motifs is 1. The summed E-state index contributed by atoms with van der Waals surface area (Å²) in [4.78, 5) is 13.0. The van der Waals surface area contributed by atoms with E-state index < -0.39 is 0 Å². The Kier molecular flexibility index (Phi) is 5.99. The van der Waals surface area contributed by atoms with Gasteiger partial charge in [-0.15, -0.1) is 10.2 Å². The molecular weight excluding hydrogens is 450 g/mol. The number of rotatable bonds is 6. The maximum absolute atomic E-state index is 13.0. The molecule has 0 atom stereocenters. The number of carbonyl (C=O) groups is 1. The van der Waals surface area contributed by atoms with Gasteiger partial charge >= 0.3 is 0 Å². The van der Waals surface area contributed by atoms with Gasteiger partial charge in [-0.3, -0.25) is 9.36 Å². The van der Waals surface area contributed by atoms with Crippen LogP contribution in [-0.4, -0.2) is 26.3 Å². The number of benzene rings is 4. The average molecular weight is 470 g/mol. The summed E-state index contributed by atoms with van der Waals surface area (Å²) in [6.07, 6.45) is 0. The normalized spacial score (nSPS) is 11.1. The minimum Gasteiger partial charge on any atom is -0.293 e. The van der Waals surface area contributed by atoms with E-state index in [2.05, 4.69) is 16.3 Å². The molecular formula is C27H20ClN3OS. The van der Waals surface area contributed by atoms with Gasteiger partial charge in [-0.1, -0.05) is 83.5 Å². The SMILES string of the molecule is Cc1cccc(-c2nnc(SCC(=O)c3ccc4ccccc4c3)n2-c2ccc(Cl)cc2)c1. The molecule has 0 aliphatic carbocycles. The van der Waals surface area contributed by atoms with Crippen LogP contribution in [0.3, 0.4) is 0 Å². The van der Waals surface area contributed by atoms with Gasteiger partial charge in [-0.25, -0.2) is 0 Å². The number of ketones is 1. The Hall–Kier alpha value is -3.41. The highest BCUT2D eigenvalue weighted by Gasteiger charge is 2.18. The molecule has 0 amide bonds. The van der Waals surface area contributed by atoms with E-state index in [1.165, 1.54) is 11.8 Å². The lowest BCUT2D eigenvalue weighted by atomic mass is 10.1. The summed E-state index contributed by atoms with van der Waals surface area (Å²) in [7, 11) is 0. The molecule has 0 fully saturated rings. The molecule has 0 spiro atoms. The third-order valence-electron chi connectivity index (χ3n) is 5.40. The van der Waals surface area contributed by atoms with Gasteiger partial charge in [0.1, 0.15) is 0 Å². The van der Waals surface area contributed by atoms with E-state index in [9.17, 15) is 4.79 Å². The summed E-state index contributed by atoms with van der Waals surface area (Å²) in [5, 5.41) is 12.4. The van der Waals surface area contributed by atoms with Crippen molar-refractivity contribution in [3.63, 3.8) is 0 Å². The maximum Gasteiger partial charge on any atom is 0.196 e. The molecule has 4 aromatic carbocycles. The molecule has 0 unspecified atom stereocenters. The molecule has 5 aromatic rings. The topological polar surface area (TPSA) is 47.8 Å². The fraction of sp³-hybridized carbons (Fsp3) is 0.0741. The molecule has 162 valence electrons. The van der Waals surface area contributed by atoms with E-state index in [-0.39, 0.29) is 11.5 Å². The van der Waals surface area contributed by atoms with Gasteiger partial charge < -0.3 is 0 Å². The highest BCUT2D eigenvalue weighted by Crippen LogP contribution is 2.29. The zero-order valence-electron chi connectivity index (χ0n) is 17.9. The van der Waals surface area contributed by atoms with E-state index in [0.29, 0.717) is 15.7 Å². The first-order valence-corrected chi connectivity index (χ1v) is 11.9. The smallest absolute Gasteiger partial charge is 0.196 e. The van der Waals surface area contributed by atoms with Gasteiger partial charge in [0.25, 0.3) is 0 Å². The summed E-state index contributed by atoms with van der Waals surface area (Å²) in [5.41, 5.74) is 3.68. The number of halogens is 1. The van der Waals surface area contributed by atoms with Crippen molar-refractivity contribution >= 4 is 39.9 Å². The van der Waals surface area contributed by atoms with Crippen LogP contribution >= 0.6 is 23.4 Å². The number of thioether (sulfide) groups is 1. The monoisotopic (exact) mass is 469 g/mol. The molecule has 6 heteroatoms. The third kappa shape index (κ3) is 4.56. The van der Waals surface area contributed by atoms with Crippen molar-refractivity contribution < 1.29 is 4.79 Å². The van der Waals surface area contributed by atoms with Crippen molar-refractivity contribution in [3.8, 4) is 17.1 Å². The standard InChI is InChI=1S/C27H20ClN3OS/c1-18-5-4-8-22(15-18)26-29-30-27(31(26)24-13-11-23(28)12-14-24)33-17-25(32)21-10-9-19-6-2-3-7-20(19)16-21/h2-16H,17H2,1H3. The van der Waals surface area contributed by atoms with E-state index >= 15 is 0 Å². The molecule has 0 radical (unpaired) electrons. The second-order valence-electron chi connectivity index (χ2n) is 7.76. The zero-order chi connectivity index (χ0) is 22.8. The van der Waals surface area contributed by atoms with Crippen LogP contribution in [0.15, 0.2) is 96.2 Å². The Balaban J connectivity index is 1.47. The van der Waals surface area contributed by atoms with Gasteiger partial charge in [0.15, 0.2) is 16.8 Å². The highest BCUT2D eigenvalue weighted by atomic mass is 35.5. The van der Waals surface area contributed by atoms with Crippen LogP contribution in [0.5, 0.6) is 0 Å². The number of carbonyl (C=O) groups excluding carboxylic acids is 1. The number of aryl methyl sites for hydroxylation is 1. The Morgan fingerprint density at radius 3 is 2.45 bits per heavy atom. The van der Waals surface area contributed by atoms with E-state index in [1.54, 1.807) is 0 Å². The van der Waals surface area contributed by atoms with Crippen LogP contribution in [0.1, 0.15) is 15.9 Å². The molecule has 4 nitrogen and oxygen atoms in total. The largest absolute Gasteiger partial charge is 0.293 e. The molecule has 0 saturated carbocycles. The molecule has 1 aromatic heterocycles. The summed E-state index contributed by atoms with van der Waals surface area (Å²) in [6, 6.07) is 29.5. The molecule has 33 heavy (non-hydrogen) atoms. The van der Waals surface area contributed by atoms with Crippen LogP contribution < -0.4 is 0 Å². The number of Topliss-reactive ketones (excluding diaryl/α,β-unsaturated/α-hetero) is 1. The Morgan fingerprint density at radius 1 is 0.879 bits per heavy atom. The number of aromatic nitrogens is 3. The van der Waals surface area contributed by atoms with Crippen molar-refractivity contribution in [2.75, 3.05) is 5.75 Å². The first-order valence-electron chi connectivity index (χ1n) is 10.5. The average Bonchev–Trinajstić information content (AvgIpc) is 3.26. The zero-order valence-corrected chi connectivity index (χ0v) is 19.5. The van der Waals surface area contributed by atoms with Crippen molar-refractivity contribution in [3.05, 3.63) is 107 Å². The predicted molar refractivity (Wildman–Crippen MR) is 136 cm³/mol. The molecule has 5 rings (SSSR count). The van der Waals surface area contributed by atoms with Crippen molar-refractivity contribution in [2.24, 2.45) is 0 Å². The van der Waals surface area contributed by atoms with Crippen LogP contribution in [0, 0.1) is 6.92 Å². The van der Waals surface area contributed by atoms with Gasteiger partial charge in [0.05, 0.1) is 5.75 Å². The number of hydrogen-bond donors (Lipinski definition) is 0. The second kappa shape index (κ2) is 9.22. The van der Waals surface area contributed by atoms with Crippen LogP contribution in [-0.2, 0) is 0 Å². The van der Waals surface area contributed by atoms with Gasteiger partial charge in [-0.05, 0) is 54.1 Å². The van der Waals surface area contributed by atoms with Crippen molar-refractivity contribution in [2.45, 2.75) is 12.1 Å². The highest BCUT2D eigenvalue weighted by molar-refractivity contribution is 7.99. The fourth-order valence-electron chi connectivity index (χ4n) is 3.73. The lowest BCUT2D eigenvalue weighted by molar-refractivity contribution is 0.102. The Labute approximate surface area is 201 Å². The molecule has 0 N–H and O–H groups in total. The van der Waals surface area contributed by atoms with E-state index in [0.717, 1.165) is 33.4 Å². The van der Waals surface area contributed by atoms with E-state index in [1.807, 2.05) is 96.4 Å². The first-order chi connectivity index (χ1) is 16.1. The van der Waals surface area contributed by atoms with Gasteiger partial charge in [0, 0.05) is 21.8 Å². The Morgan fingerprint density at radius 2 is 1.67 bits per heavy atom. The quantitative estimate of drug-likeness (QED) is 0.198. The predicted octanol–water partition coefficient (Wildman–Crippen LogP) is 7.02. The molecule has 0 aliphatic rings. The summed E-state index contributed by atoms with van der Waals surface area (Å²) >= 11 is 7.49. The molecule has 0 bridgehead atoms. The van der Waals surface area contributed by atoms with Crippen LogP contribution in [0.2, 0.25) is 5.02 Å². The van der Waals surface area contributed by atoms with E-state index in [4.69, 9.17) is 11.6 Å². The van der Waals surface area contributed by atoms with Crippen LogP contribution in [0.4, 0.5) is 0 Å². The van der Waals surface area contributed by atoms with Crippen molar-refractivity contribution in [1.29, 1.82) is 0 Å². The third-order valence-corrected chi connectivity index (χ3v) is 6.58. The summed E-state index contributed by atoms with van der Waals surface area (Å²) in [6.45, 7) is 2.05.